The maximum Gasteiger partial charge on any atom is 0.227 e. The highest BCUT2D eigenvalue weighted by Gasteiger charge is 2.20. The molecule has 1 aromatic carbocycles. The van der Waals surface area contributed by atoms with Crippen LogP contribution in [0.15, 0.2) is 18.2 Å². The molecule has 2 amide bonds. The number of benzene rings is 1. The summed E-state index contributed by atoms with van der Waals surface area (Å²) >= 11 is 1.47. The zero-order valence-corrected chi connectivity index (χ0v) is 14.8. The number of carbonyl (C=O) groups is 2. The van der Waals surface area contributed by atoms with Crippen LogP contribution in [0.25, 0.3) is 10.2 Å². The standard InChI is InChI=1S/C17H23N3O2S/c1-5-11-6-7-12-13(10-11)23-16(19-12)20-14(21)8-9-18-15(22)17(2,3)4/h6-7,10H,5,8-9H2,1-4H3,(H,18,22)(H,19,20,21). The first-order valence-corrected chi connectivity index (χ1v) is 8.59. The Hall–Kier alpha value is -1.95. The van der Waals surface area contributed by atoms with Gasteiger partial charge in [0, 0.05) is 18.4 Å². The Bertz CT molecular complexity index is 716. The van der Waals surface area contributed by atoms with E-state index >= 15 is 0 Å². The minimum absolute atomic E-state index is 0.0580. The number of hydrogen-bond acceptors (Lipinski definition) is 4. The van der Waals surface area contributed by atoms with Gasteiger partial charge in [0.05, 0.1) is 10.2 Å². The molecule has 0 aliphatic rings. The molecular weight excluding hydrogens is 310 g/mol. The van der Waals surface area contributed by atoms with Crippen molar-refractivity contribution in [1.82, 2.24) is 10.3 Å². The van der Waals surface area contributed by atoms with Gasteiger partial charge < -0.3 is 10.6 Å². The SMILES string of the molecule is CCc1ccc2nc(NC(=O)CCNC(=O)C(C)(C)C)sc2c1. The van der Waals surface area contributed by atoms with Crippen molar-refractivity contribution in [3.8, 4) is 0 Å². The second-order valence-corrected chi connectivity index (χ2v) is 7.51. The molecule has 0 aliphatic heterocycles. The van der Waals surface area contributed by atoms with Crippen LogP contribution in [0.3, 0.4) is 0 Å². The number of aryl methyl sites for hydroxylation is 1. The molecule has 124 valence electrons. The number of anilines is 1. The predicted octanol–water partition coefficient (Wildman–Crippen LogP) is 3.35. The largest absolute Gasteiger partial charge is 0.355 e. The number of carbonyl (C=O) groups excluding carboxylic acids is 2. The molecule has 0 atom stereocenters. The molecular formula is C17H23N3O2S. The van der Waals surface area contributed by atoms with E-state index in [1.807, 2.05) is 26.8 Å². The fourth-order valence-electron chi connectivity index (χ4n) is 1.98. The zero-order valence-electron chi connectivity index (χ0n) is 14.0. The van der Waals surface area contributed by atoms with Crippen LogP contribution in [0.5, 0.6) is 0 Å². The summed E-state index contributed by atoms with van der Waals surface area (Å²) in [6, 6.07) is 6.13. The van der Waals surface area contributed by atoms with Crippen molar-refractivity contribution in [2.24, 2.45) is 5.41 Å². The molecule has 2 N–H and O–H groups in total. The van der Waals surface area contributed by atoms with E-state index in [4.69, 9.17) is 0 Å². The Morgan fingerprint density at radius 1 is 1.26 bits per heavy atom. The molecule has 0 saturated carbocycles. The summed E-state index contributed by atoms with van der Waals surface area (Å²) in [7, 11) is 0. The molecule has 23 heavy (non-hydrogen) atoms. The van der Waals surface area contributed by atoms with Gasteiger partial charge in [0.15, 0.2) is 5.13 Å². The lowest BCUT2D eigenvalue weighted by molar-refractivity contribution is -0.128. The van der Waals surface area contributed by atoms with Gasteiger partial charge in [0.2, 0.25) is 11.8 Å². The van der Waals surface area contributed by atoms with E-state index in [0.29, 0.717) is 11.7 Å². The Morgan fingerprint density at radius 3 is 2.65 bits per heavy atom. The fourth-order valence-corrected chi connectivity index (χ4v) is 2.92. The summed E-state index contributed by atoms with van der Waals surface area (Å²) in [4.78, 5) is 28.1. The molecule has 1 aromatic heterocycles. The Labute approximate surface area is 140 Å². The highest BCUT2D eigenvalue weighted by Crippen LogP contribution is 2.27. The molecule has 0 spiro atoms. The number of amides is 2. The number of aromatic nitrogens is 1. The molecule has 0 bridgehead atoms. The normalized spacial score (nSPS) is 11.5. The van der Waals surface area contributed by atoms with Gasteiger partial charge in [-0.3, -0.25) is 9.59 Å². The van der Waals surface area contributed by atoms with Gasteiger partial charge >= 0.3 is 0 Å². The van der Waals surface area contributed by atoms with Gasteiger partial charge in [0.25, 0.3) is 0 Å². The van der Waals surface area contributed by atoms with E-state index in [9.17, 15) is 9.59 Å². The summed E-state index contributed by atoms with van der Waals surface area (Å²) in [5.41, 5.74) is 1.70. The molecule has 5 nitrogen and oxygen atoms in total. The number of nitrogens with one attached hydrogen (secondary N) is 2. The van der Waals surface area contributed by atoms with Crippen molar-refractivity contribution in [3.05, 3.63) is 23.8 Å². The van der Waals surface area contributed by atoms with E-state index in [1.165, 1.54) is 16.9 Å². The van der Waals surface area contributed by atoms with Crippen LogP contribution in [0.4, 0.5) is 5.13 Å². The van der Waals surface area contributed by atoms with Gasteiger partial charge in [-0.15, -0.1) is 0 Å². The Kier molecular flexibility index (Phi) is 5.36. The number of rotatable bonds is 5. The lowest BCUT2D eigenvalue weighted by atomic mass is 9.96. The molecule has 0 saturated heterocycles. The van der Waals surface area contributed by atoms with Gasteiger partial charge in [0.1, 0.15) is 0 Å². The topological polar surface area (TPSA) is 71.1 Å². The first-order chi connectivity index (χ1) is 10.8. The molecule has 2 rings (SSSR count). The van der Waals surface area contributed by atoms with Crippen molar-refractivity contribution in [2.75, 3.05) is 11.9 Å². The second-order valence-electron chi connectivity index (χ2n) is 6.48. The molecule has 0 radical (unpaired) electrons. The Morgan fingerprint density at radius 2 is 2.00 bits per heavy atom. The highest BCUT2D eigenvalue weighted by atomic mass is 32.1. The van der Waals surface area contributed by atoms with E-state index in [1.54, 1.807) is 0 Å². The van der Waals surface area contributed by atoms with Crippen molar-refractivity contribution in [1.29, 1.82) is 0 Å². The van der Waals surface area contributed by atoms with Gasteiger partial charge in [-0.2, -0.15) is 0 Å². The monoisotopic (exact) mass is 333 g/mol. The fraction of sp³-hybridized carbons (Fsp3) is 0.471. The first kappa shape index (κ1) is 17.4. The predicted molar refractivity (Wildman–Crippen MR) is 94.7 cm³/mol. The van der Waals surface area contributed by atoms with Crippen molar-refractivity contribution >= 4 is 38.5 Å². The van der Waals surface area contributed by atoms with Crippen LogP contribution < -0.4 is 10.6 Å². The minimum atomic E-state index is -0.444. The number of fused-ring (bicyclic) bond motifs is 1. The molecule has 0 unspecified atom stereocenters. The van der Waals surface area contributed by atoms with E-state index in [2.05, 4.69) is 34.7 Å². The van der Waals surface area contributed by atoms with Crippen molar-refractivity contribution < 1.29 is 9.59 Å². The molecule has 6 heteroatoms. The molecule has 1 heterocycles. The number of hydrogen-bond donors (Lipinski definition) is 2. The Balaban J connectivity index is 1.89. The average Bonchev–Trinajstić information content (AvgIpc) is 2.86. The van der Waals surface area contributed by atoms with Crippen LogP contribution in [0, 0.1) is 5.41 Å². The van der Waals surface area contributed by atoms with Gasteiger partial charge in [-0.25, -0.2) is 4.98 Å². The molecule has 2 aromatic rings. The number of nitrogens with zero attached hydrogens (tertiary/aromatic N) is 1. The quantitative estimate of drug-likeness (QED) is 0.881. The molecule has 0 aliphatic carbocycles. The summed E-state index contributed by atoms with van der Waals surface area (Å²) in [5.74, 6) is -0.202. The highest BCUT2D eigenvalue weighted by molar-refractivity contribution is 7.22. The van der Waals surface area contributed by atoms with E-state index in [0.717, 1.165) is 16.6 Å². The molecule has 0 fully saturated rings. The van der Waals surface area contributed by atoms with Gasteiger partial charge in [-0.05, 0) is 24.1 Å². The third-order valence-electron chi connectivity index (χ3n) is 3.43. The maximum absolute atomic E-state index is 11.9. The average molecular weight is 333 g/mol. The first-order valence-electron chi connectivity index (χ1n) is 7.77. The van der Waals surface area contributed by atoms with Crippen LogP contribution >= 0.6 is 11.3 Å². The third kappa shape index (κ3) is 4.76. The summed E-state index contributed by atoms with van der Waals surface area (Å²) in [6.45, 7) is 7.96. The van der Waals surface area contributed by atoms with E-state index < -0.39 is 5.41 Å². The van der Waals surface area contributed by atoms with Crippen molar-refractivity contribution in [3.63, 3.8) is 0 Å². The number of thiazole rings is 1. The minimum Gasteiger partial charge on any atom is -0.355 e. The lowest BCUT2D eigenvalue weighted by Gasteiger charge is -2.17. The van der Waals surface area contributed by atoms with E-state index in [-0.39, 0.29) is 18.2 Å². The second kappa shape index (κ2) is 7.08. The van der Waals surface area contributed by atoms with Gasteiger partial charge in [-0.1, -0.05) is 45.1 Å². The van der Waals surface area contributed by atoms with Crippen molar-refractivity contribution in [2.45, 2.75) is 40.5 Å². The summed E-state index contributed by atoms with van der Waals surface area (Å²) < 4.78 is 1.07. The maximum atomic E-state index is 11.9. The smallest absolute Gasteiger partial charge is 0.227 e. The third-order valence-corrected chi connectivity index (χ3v) is 4.36. The summed E-state index contributed by atoms with van der Waals surface area (Å²) in [6.07, 6.45) is 1.21. The van der Waals surface area contributed by atoms with Crippen LogP contribution in [-0.2, 0) is 16.0 Å². The van der Waals surface area contributed by atoms with Crippen LogP contribution in [0.1, 0.15) is 39.7 Å². The van der Waals surface area contributed by atoms with Crippen LogP contribution in [-0.4, -0.2) is 23.3 Å². The zero-order chi connectivity index (χ0) is 17.0. The van der Waals surface area contributed by atoms with Crippen LogP contribution in [0.2, 0.25) is 0 Å². The lowest BCUT2D eigenvalue weighted by Crippen LogP contribution is -2.36. The summed E-state index contributed by atoms with van der Waals surface area (Å²) in [5, 5.41) is 6.16.